The molecule has 122 valence electrons. The molecule has 1 saturated heterocycles. The average Bonchev–Trinajstić information content (AvgIpc) is 2.84. The Labute approximate surface area is 136 Å². The molecule has 3 amide bonds. The highest BCUT2D eigenvalue weighted by atomic mass is 19.1. The minimum Gasteiger partial charge on any atom is -0.478 e. The Bertz CT molecular complexity index is 820. The fourth-order valence-corrected chi connectivity index (χ4v) is 2.54. The second-order valence-electron chi connectivity index (χ2n) is 5.36. The number of imide groups is 1. The molecule has 2 N–H and O–H groups in total. The Hall–Kier alpha value is -3.22. The number of hydrogen-bond acceptors (Lipinski definition) is 3. The van der Waals surface area contributed by atoms with Crippen LogP contribution in [-0.4, -0.2) is 27.9 Å². The highest BCUT2D eigenvalue weighted by Gasteiger charge is 2.38. The summed E-state index contributed by atoms with van der Waals surface area (Å²) in [4.78, 5) is 36.5. The number of halogens is 1. The summed E-state index contributed by atoms with van der Waals surface area (Å²) in [7, 11) is 0. The van der Waals surface area contributed by atoms with Crippen molar-refractivity contribution >= 4 is 17.9 Å². The molecule has 7 heteroatoms. The third-order valence-corrected chi connectivity index (χ3v) is 3.74. The summed E-state index contributed by atoms with van der Waals surface area (Å²) in [5.74, 6) is -1.98. The molecule has 1 heterocycles. The van der Waals surface area contributed by atoms with Gasteiger partial charge < -0.3 is 10.4 Å². The van der Waals surface area contributed by atoms with Gasteiger partial charge in [0.1, 0.15) is 11.9 Å². The standard InChI is InChI=1S/C17H13FN2O4/c18-13-6-4-11(5-7-13)14-15(21)20(17(24)19-14)9-10-2-1-3-12(8-10)16(22)23/h1-8,14H,9H2,(H,19,24)(H,22,23). The summed E-state index contributed by atoms with van der Waals surface area (Å²) >= 11 is 0. The first-order valence-corrected chi connectivity index (χ1v) is 7.15. The molecular weight excluding hydrogens is 315 g/mol. The summed E-state index contributed by atoms with van der Waals surface area (Å²) in [6.07, 6.45) is 0. The Morgan fingerprint density at radius 3 is 2.54 bits per heavy atom. The molecule has 1 aliphatic rings. The largest absolute Gasteiger partial charge is 0.478 e. The van der Waals surface area contributed by atoms with Crippen molar-refractivity contribution in [3.05, 3.63) is 71.0 Å². The van der Waals surface area contributed by atoms with Crippen molar-refractivity contribution < 1.29 is 23.9 Å². The Morgan fingerprint density at radius 1 is 1.17 bits per heavy atom. The lowest BCUT2D eigenvalue weighted by Gasteiger charge is -2.13. The van der Waals surface area contributed by atoms with E-state index in [9.17, 15) is 18.8 Å². The third kappa shape index (κ3) is 2.96. The number of carboxylic acids is 1. The summed E-state index contributed by atoms with van der Waals surface area (Å²) in [5.41, 5.74) is 1.09. The predicted octanol–water partition coefficient (Wildman–Crippen LogP) is 2.32. The van der Waals surface area contributed by atoms with E-state index in [-0.39, 0.29) is 12.1 Å². The van der Waals surface area contributed by atoms with Gasteiger partial charge in [0, 0.05) is 0 Å². The lowest BCUT2D eigenvalue weighted by Crippen LogP contribution is -2.30. The van der Waals surface area contributed by atoms with E-state index in [0.29, 0.717) is 11.1 Å². The first kappa shape index (κ1) is 15.7. The van der Waals surface area contributed by atoms with E-state index in [1.54, 1.807) is 12.1 Å². The molecule has 0 aromatic heterocycles. The van der Waals surface area contributed by atoms with E-state index in [2.05, 4.69) is 5.32 Å². The molecular formula is C17H13FN2O4. The van der Waals surface area contributed by atoms with Crippen molar-refractivity contribution in [1.29, 1.82) is 0 Å². The number of carboxylic acid groups (broad SMARTS) is 1. The summed E-state index contributed by atoms with van der Waals surface area (Å²) in [6.45, 7) is -0.0382. The summed E-state index contributed by atoms with van der Waals surface area (Å²) < 4.78 is 13.0. The first-order chi connectivity index (χ1) is 11.5. The molecule has 0 spiro atoms. The van der Waals surface area contributed by atoms with Gasteiger partial charge in [0.25, 0.3) is 5.91 Å². The SMILES string of the molecule is O=C(O)c1cccc(CN2C(=O)NC(c3ccc(F)cc3)C2=O)c1. The number of rotatable bonds is 4. The zero-order valence-electron chi connectivity index (χ0n) is 12.4. The van der Waals surface area contributed by atoms with Gasteiger partial charge >= 0.3 is 12.0 Å². The fourth-order valence-electron chi connectivity index (χ4n) is 2.54. The monoisotopic (exact) mass is 328 g/mol. The summed E-state index contributed by atoms with van der Waals surface area (Å²) in [5, 5.41) is 11.5. The molecule has 24 heavy (non-hydrogen) atoms. The van der Waals surface area contributed by atoms with Crippen LogP contribution in [0, 0.1) is 5.82 Å². The molecule has 1 atom stereocenters. The van der Waals surface area contributed by atoms with Crippen LogP contribution in [0.2, 0.25) is 0 Å². The number of benzene rings is 2. The minimum atomic E-state index is -1.08. The molecule has 1 fully saturated rings. The second kappa shape index (κ2) is 6.11. The van der Waals surface area contributed by atoms with Crippen molar-refractivity contribution in [2.75, 3.05) is 0 Å². The molecule has 2 aromatic rings. The number of carbonyl (C=O) groups excluding carboxylic acids is 2. The maximum atomic E-state index is 13.0. The van der Waals surface area contributed by atoms with Gasteiger partial charge in [-0.1, -0.05) is 24.3 Å². The molecule has 0 bridgehead atoms. The first-order valence-electron chi connectivity index (χ1n) is 7.15. The quantitative estimate of drug-likeness (QED) is 0.843. The normalized spacial score (nSPS) is 17.0. The molecule has 1 aliphatic heterocycles. The maximum Gasteiger partial charge on any atom is 0.335 e. The number of hydrogen-bond donors (Lipinski definition) is 2. The van der Waals surface area contributed by atoms with E-state index in [1.165, 1.54) is 36.4 Å². The van der Waals surface area contributed by atoms with Crippen LogP contribution in [0.15, 0.2) is 48.5 Å². The van der Waals surface area contributed by atoms with E-state index in [4.69, 9.17) is 5.11 Å². The van der Waals surface area contributed by atoms with Crippen LogP contribution in [-0.2, 0) is 11.3 Å². The maximum absolute atomic E-state index is 13.0. The molecule has 3 rings (SSSR count). The van der Waals surface area contributed by atoms with Crippen molar-refractivity contribution in [2.24, 2.45) is 0 Å². The van der Waals surface area contributed by atoms with Gasteiger partial charge in [-0.2, -0.15) is 0 Å². The smallest absolute Gasteiger partial charge is 0.335 e. The van der Waals surface area contributed by atoms with E-state index in [0.717, 1.165) is 4.90 Å². The van der Waals surface area contributed by atoms with Gasteiger partial charge in [0.05, 0.1) is 12.1 Å². The summed E-state index contributed by atoms with van der Waals surface area (Å²) in [6, 6.07) is 9.89. The van der Waals surface area contributed by atoms with Gasteiger partial charge in [-0.25, -0.2) is 14.0 Å². The van der Waals surface area contributed by atoms with Gasteiger partial charge in [0.2, 0.25) is 0 Å². The van der Waals surface area contributed by atoms with Crippen LogP contribution in [0.1, 0.15) is 27.5 Å². The minimum absolute atomic E-state index is 0.0382. The number of aromatic carboxylic acids is 1. The molecule has 6 nitrogen and oxygen atoms in total. The van der Waals surface area contributed by atoms with Crippen molar-refractivity contribution in [3.8, 4) is 0 Å². The zero-order valence-corrected chi connectivity index (χ0v) is 12.4. The highest BCUT2D eigenvalue weighted by Crippen LogP contribution is 2.24. The topological polar surface area (TPSA) is 86.7 Å². The predicted molar refractivity (Wildman–Crippen MR) is 81.6 cm³/mol. The van der Waals surface area contributed by atoms with Gasteiger partial charge in [-0.05, 0) is 35.4 Å². The van der Waals surface area contributed by atoms with E-state index >= 15 is 0 Å². The number of nitrogens with zero attached hydrogens (tertiary/aromatic N) is 1. The third-order valence-electron chi connectivity index (χ3n) is 3.74. The lowest BCUT2D eigenvalue weighted by molar-refractivity contribution is -0.128. The molecule has 0 saturated carbocycles. The van der Waals surface area contributed by atoms with Gasteiger partial charge in [-0.15, -0.1) is 0 Å². The van der Waals surface area contributed by atoms with E-state index < -0.39 is 29.8 Å². The number of amides is 3. The Kier molecular flexibility index (Phi) is 3.99. The van der Waals surface area contributed by atoms with Crippen LogP contribution < -0.4 is 5.32 Å². The number of nitrogens with one attached hydrogen (secondary N) is 1. The second-order valence-corrected chi connectivity index (χ2v) is 5.36. The number of urea groups is 1. The van der Waals surface area contributed by atoms with Crippen molar-refractivity contribution in [3.63, 3.8) is 0 Å². The lowest BCUT2D eigenvalue weighted by atomic mass is 10.1. The van der Waals surface area contributed by atoms with Crippen LogP contribution in [0.4, 0.5) is 9.18 Å². The zero-order chi connectivity index (χ0) is 17.3. The fraction of sp³-hybridized carbons (Fsp3) is 0.118. The van der Waals surface area contributed by atoms with Crippen LogP contribution in [0.3, 0.4) is 0 Å². The molecule has 1 unspecified atom stereocenters. The van der Waals surface area contributed by atoms with Crippen LogP contribution in [0.25, 0.3) is 0 Å². The average molecular weight is 328 g/mol. The molecule has 0 radical (unpaired) electrons. The Balaban J connectivity index is 1.81. The van der Waals surface area contributed by atoms with Crippen molar-refractivity contribution in [2.45, 2.75) is 12.6 Å². The van der Waals surface area contributed by atoms with Crippen LogP contribution in [0.5, 0.6) is 0 Å². The van der Waals surface area contributed by atoms with Gasteiger partial charge in [0.15, 0.2) is 0 Å². The van der Waals surface area contributed by atoms with Crippen molar-refractivity contribution in [1.82, 2.24) is 10.2 Å². The molecule has 2 aromatic carbocycles. The van der Waals surface area contributed by atoms with Crippen LogP contribution >= 0.6 is 0 Å². The molecule has 0 aliphatic carbocycles. The van der Waals surface area contributed by atoms with E-state index in [1.807, 2.05) is 0 Å². The highest BCUT2D eigenvalue weighted by molar-refractivity contribution is 6.04. The van der Waals surface area contributed by atoms with Gasteiger partial charge in [-0.3, -0.25) is 9.69 Å². The Morgan fingerprint density at radius 2 is 1.88 bits per heavy atom. The number of carbonyl (C=O) groups is 3.